The van der Waals surface area contributed by atoms with Gasteiger partial charge in [-0.25, -0.2) is 9.07 Å². The van der Waals surface area contributed by atoms with Gasteiger partial charge in [0.05, 0.1) is 0 Å². The molecule has 2 N–H and O–H groups in total. The quantitative estimate of drug-likeness (QED) is 0.876. The number of rotatable bonds is 5. The minimum Gasteiger partial charge on any atom is -0.340 e. The number of tetrazole rings is 1. The molecule has 0 spiro atoms. The summed E-state index contributed by atoms with van der Waals surface area (Å²) < 4.78 is 14.7. The van der Waals surface area contributed by atoms with Gasteiger partial charge >= 0.3 is 0 Å². The van der Waals surface area contributed by atoms with Gasteiger partial charge < -0.3 is 10.6 Å². The Labute approximate surface area is 146 Å². The van der Waals surface area contributed by atoms with Crippen LogP contribution < -0.4 is 5.73 Å². The van der Waals surface area contributed by atoms with Gasteiger partial charge in [-0.15, -0.1) is 5.10 Å². The standard InChI is InChI=1S/C17H23FN6O/c1-12-20-21-22-24(12)15(9-13-3-5-14(18)6-4-13)16(25)23-8-7-17(2,10-19)11-23/h3-6,15H,7-11,19H2,1-2H3. The second kappa shape index (κ2) is 6.87. The maximum Gasteiger partial charge on any atom is 0.247 e. The molecule has 1 aromatic heterocycles. The lowest BCUT2D eigenvalue weighted by Crippen LogP contribution is -2.40. The number of hydrogen-bond acceptors (Lipinski definition) is 5. The number of amides is 1. The first-order valence-electron chi connectivity index (χ1n) is 8.40. The molecule has 0 bridgehead atoms. The van der Waals surface area contributed by atoms with E-state index < -0.39 is 6.04 Å². The highest BCUT2D eigenvalue weighted by Gasteiger charge is 2.38. The Bertz CT molecular complexity index is 746. The van der Waals surface area contributed by atoms with Crippen LogP contribution in [0.4, 0.5) is 4.39 Å². The van der Waals surface area contributed by atoms with Crippen molar-refractivity contribution in [3.05, 3.63) is 41.5 Å². The zero-order valence-corrected chi connectivity index (χ0v) is 14.5. The zero-order chi connectivity index (χ0) is 18.0. The fourth-order valence-electron chi connectivity index (χ4n) is 3.24. The number of nitrogens with zero attached hydrogens (tertiary/aromatic N) is 5. The smallest absolute Gasteiger partial charge is 0.247 e. The van der Waals surface area contributed by atoms with Gasteiger partial charge in [-0.1, -0.05) is 19.1 Å². The summed E-state index contributed by atoms with van der Waals surface area (Å²) in [6.07, 6.45) is 1.29. The SMILES string of the molecule is Cc1nnnn1C(Cc1ccc(F)cc1)C(=O)N1CCC(C)(CN)C1. The lowest BCUT2D eigenvalue weighted by atomic mass is 9.90. The van der Waals surface area contributed by atoms with Gasteiger partial charge in [0, 0.05) is 19.5 Å². The Hall–Kier alpha value is -2.35. The van der Waals surface area contributed by atoms with Crippen molar-refractivity contribution in [3.8, 4) is 0 Å². The van der Waals surface area contributed by atoms with Crippen molar-refractivity contribution in [2.24, 2.45) is 11.1 Å². The van der Waals surface area contributed by atoms with Crippen LogP contribution in [0.3, 0.4) is 0 Å². The first-order chi connectivity index (χ1) is 11.9. The molecule has 1 aliphatic heterocycles. The van der Waals surface area contributed by atoms with Crippen molar-refractivity contribution in [2.45, 2.75) is 32.7 Å². The number of carbonyl (C=O) groups excluding carboxylic acids is 1. The van der Waals surface area contributed by atoms with Crippen LogP contribution in [-0.2, 0) is 11.2 Å². The van der Waals surface area contributed by atoms with Crippen molar-refractivity contribution < 1.29 is 9.18 Å². The molecule has 2 aromatic rings. The van der Waals surface area contributed by atoms with E-state index in [1.165, 1.54) is 12.1 Å². The van der Waals surface area contributed by atoms with E-state index in [1.54, 1.807) is 23.7 Å². The summed E-state index contributed by atoms with van der Waals surface area (Å²) in [6, 6.07) is 5.60. The number of carbonyl (C=O) groups is 1. The normalized spacial score (nSPS) is 21.5. The van der Waals surface area contributed by atoms with Gasteiger partial charge in [0.2, 0.25) is 5.91 Å². The van der Waals surface area contributed by atoms with E-state index >= 15 is 0 Å². The number of aryl methyl sites for hydroxylation is 1. The van der Waals surface area contributed by atoms with E-state index in [1.807, 2.05) is 4.90 Å². The monoisotopic (exact) mass is 346 g/mol. The van der Waals surface area contributed by atoms with Gasteiger partial charge in [0.1, 0.15) is 17.7 Å². The van der Waals surface area contributed by atoms with Gasteiger partial charge in [0.25, 0.3) is 0 Å². The largest absolute Gasteiger partial charge is 0.340 e. The Morgan fingerprint density at radius 2 is 2.12 bits per heavy atom. The Balaban J connectivity index is 1.85. The zero-order valence-electron chi connectivity index (χ0n) is 14.5. The molecule has 1 aromatic carbocycles. The number of aromatic nitrogens is 4. The van der Waals surface area contributed by atoms with E-state index in [2.05, 4.69) is 22.4 Å². The summed E-state index contributed by atoms with van der Waals surface area (Å²) >= 11 is 0. The Kier molecular flexibility index (Phi) is 4.80. The van der Waals surface area contributed by atoms with E-state index in [-0.39, 0.29) is 17.1 Å². The maximum atomic E-state index is 13.2. The summed E-state index contributed by atoms with van der Waals surface area (Å²) in [5.41, 5.74) is 6.66. The minimum absolute atomic E-state index is 0.0306. The second-order valence-electron chi connectivity index (χ2n) is 7.04. The highest BCUT2D eigenvalue weighted by atomic mass is 19.1. The minimum atomic E-state index is -0.555. The van der Waals surface area contributed by atoms with E-state index in [0.717, 1.165) is 12.0 Å². The van der Waals surface area contributed by atoms with Gasteiger partial charge in [-0.3, -0.25) is 4.79 Å². The van der Waals surface area contributed by atoms with Crippen LogP contribution in [0, 0.1) is 18.2 Å². The molecule has 0 saturated carbocycles. The topological polar surface area (TPSA) is 89.9 Å². The number of likely N-dealkylation sites (tertiary alicyclic amines) is 1. The molecule has 3 rings (SSSR count). The van der Waals surface area contributed by atoms with Crippen molar-refractivity contribution in [1.82, 2.24) is 25.1 Å². The molecule has 1 amide bonds. The van der Waals surface area contributed by atoms with E-state index in [9.17, 15) is 9.18 Å². The number of halogens is 1. The van der Waals surface area contributed by atoms with Crippen LogP contribution in [0.1, 0.15) is 30.8 Å². The predicted molar refractivity (Wildman–Crippen MR) is 90.1 cm³/mol. The highest BCUT2D eigenvalue weighted by Crippen LogP contribution is 2.30. The molecule has 0 radical (unpaired) electrons. The first kappa shape index (κ1) is 17.5. The van der Waals surface area contributed by atoms with Crippen molar-refractivity contribution >= 4 is 5.91 Å². The Morgan fingerprint density at radius 1 is 1.40 bits per heavy atom. The van der Waals surface area contributed by atoms with Crippen LogP contribution in [-0.4, -0.2) is 50.6 Å². The lowest BCUT2D eigenvalue weighted by Gasteiger charge is -2.26. The molecule has 2 atom stereocenters. The molecule has 1 aliphatic rings. The second-order valence-corrected chi connectivity index (χ2v) is 7.04. The molecular weight excluding hydrogens is 323 g/mol. The van der Waals surface area contributed by atoms with Gasteiger partial charge in [-0.2, -0.15) is 0 Å². The molecule has 2 unspecified atom stereocenters. The number of nitrogens with two attached hydrogens (primary N) is 1. The summed E-state index contributed by atoms with van der Waals surface area (Å²) in [7, 11) is 0. The third-order valence-corrected chi connectivity index (χ3v) is 4.94. The van der Waals surface area contributed by atoms with Crippen molar-refractivity contribution in [2.75, 3.05) is 19.6 Å². The maximum absolute atomic E-state index is 13.2. The fourth-order valence-corrected chi connectivity index (χ4v) is 3.24. The molecule has 134 valence electrons. The third kappa shape index (κ3) is 3.68. The van der Waals surface area contributed by atoms with Gasteiger partial charge in [-0.05, 0) is 53.4 Å². The predicted octanol–water partition coefficient (Wildman–Crippen LogP) is 1.10. The molecule has 0 aliphatic carbocycles. The van der Waals surface area contributed by atoms with Crippen molar-refractivity contribution in [1.29, 1.82) is 0 Å². The summed E-state index contributed by atoms with van der Waals surface area (Å²) in [5, 5.41) is 11.6. The molecule has 8 heteroatoms. The molecule has 1 fully saturated rings. The van der Waals surface area contributed by atoms with E-state index in [0.29, 0.717) is 31.9 Å². The van der Waals surface area contributed by atoms with Crippen molar-refractivity contribution in [3.63, 3.8) is 0 Å². The summed E-state index contributed by atoms with van der Waals surface area (Å²) in [4.78, 5) is 15.0. The molecule has 7 nitrogen and oxygen atoms in total. The first-order valence-corrected chi connectivity index (χ1v) is 8.40. The lowest BCUT2D eigenvalue weighted by molar-refractivity contribution is -0.134. The highest BCUT2D eigenvalue weighted by molar-refractivity contribution is 5.81. The van der Waals surface area contributed by atoms with E-state index in [4.69, 9.17) is 5.73 Å². The molecule has 25 heavy (non-hydrogen) atoms. The third-order valence-electron chi connectivity index (χ3n) is 4.94. The molecule has 1 saturated heterocycles. The average molecular weight is 346 g/mol. The van der Waals surface area contributed by atoms with Crippen LogP contribution in [0.15, 0.2) is 24.3 Å². The number of hydrogen-bond donors (Lipinski definition) is 1. The number of benzene rings is 1. The van der Waals surface area contributed by atoms with Gasteiger partial charge in [0.15, 0.2) is 0 Å². The van der Waals surface area contributed by atoms with Crippen LogP contribution >= 0.6 is 0 Å². The molecule has 2 heterocycles. The molecular formula is C17H23FN6O. The average Bonchev–Trinajstić information content (AvgIpc) is 3.20. The summed E-state index contributed by atoms with van der Waals surface area (Å²) in [6.45, 7) is 5.71. The summed E-state index contributed by atoms with van der Waals surface area (Å²) in [5.74, 6) is 0.238. The van der Waals surface area contributed by atoms with Crippen LogP contribution in [0.5, 0.6) is 0 Å². The Morgan fingerprint density at radius 3 is 2.68 bits per heavy atom. The van der Waals surface area contributed by atoms with Crippen LogP contribution in [0.2, 0.25) is 0 Å². The fraction of sp³-hybridized carbons (Fsp3) is 0.529. The van der Waals surface area contributed by atoms with Crippen LogP contribution in [0.25, 0.3) is 0 Å².